The summed E-state index contributed by atoms with van der Waals surface area (Å²) in [6, 6.07) is 9.51. The van der Waals surface area contributed by atoms with Crippen molar-refractivity contribution in [3.63, 3.8) is 0 Å². The van der Waals surface area contributed by atoms with Crippen LogP contribution in [0.1, 0.15) is 41.9 Å². The predicted octanol–water partition coefficient (Wildman–Crippen LogP) is 2.89. The number of nitrogens with two attached hydrogens (primary N) is 1. The van der Waals surface area contributed by atoms with Crippen molar-refractivity contribution >= 4 is 23.6 Å². The maximum Gasteiger partial charge on any atom is 0.407 e. The van der Waals surface area contributed by atoms with Crippen molar-refractivity contribution in [1.29, 1.82) is 0 Å². The third-order valence-corrected chi connectivity index (χ3v) is 8.26. The molecule has 3 amide bonds. The largest absolute Gasteiger partial charge is 0.448 e. The highest BCUT2D eigenvalue weighted by atomic mass is 19.1. The molecule has 2 fully saturated rings. The Kier molecular flexibility index (Phi) is 11.4. The first-order chi connectivity index (χ1) is 22.7. The lowest BCUT2D eigenvalue weighted by Crippen LogP contribution is -2.49. The molecular formula is C33H37F3N6O5. The summed E-state index contributed by atoms with van der Waals surface area (Å²) < 4.78 is 53.5. The van der Waals surface area contributed by atoms with Crippen molar-refractivity contribution in [3.8, 4) is 0 Å². The van der Waals surface area contributed by atoms with E-state index in [0.717, 1.165) is 6.20 Å². The van der Waals surface area contributed by atoms with Crippen molar-refractivity contribution in [2.75, 3.05) is 31.6 Å². The fourth-order valence-corrected chi connectivity index (χ4v) is 5.67. The Morgan fingerprint density at radius 2 is 1.70 bits per heavy atom. The highest BCUT2D eigenvalue weighted by Gasteiger charge is 2.30. The van der Waals surface area contributed by atoms with Gasteiger partial charge in [0.2, 0.25) is 11.8 Å². The topological polar surface area (TPSA) is 157 Å². The number of hydrogen-bond donors (Lipinski definition) is 5. The number of anilines is 1. The van der Waals surface area contributed by atoms with E-state index in [1.54, 1.807) is 0 Å². The van der Waals surface area contributed by atoms with Gasteiger partial charge in [-0.25, -0.2) is 18.0 Å². The zero-order valence-electron chi connectivity index (χ0n) is 25.5. The number of hydrogen-bond acceptors (Lipinski definition) is 8. The van der Waals surface area contributed by atoms with Gasteiger partial charge in [0.15, 0.2) is 0 Å². The number of carbonyl (C=O) groups excluding carboxylic acids is 3. The summed E-state index contributed by atoms with van der Waals surface area (Å²) in [6.45, 7) is 1.08. The maximum atomic E-state index is 15.0. The van der Waals surface area contributed by atoms with E-state index in [4.69, 9.17) is 15.2 Å². The number of aromatic nitrogens is 1. The molecule has 0 radical (unpaired) electrons. The van der Waals surface area contributed by atoms with Crippen LogP contribution in [0.25, 0.3) is 0 Å². The Morgan fingerprint density at radius 3 is 2.30 bits per heavy atom. The van der Waals surface area contributed by atoms with E-state index < -0.39 is 41.4 Å². The third-order valence-electron chi connectivity index (χ3n) is 8.26. The van der Waals surface area contributed by atoms with Crippen LogP contribution in [0, 0.1) is 17.5 Å². The molecule has 11 nitrogen and oxygen atoms in total. The molecule has 3 heterocycles. The number of carbonyl (C=O) groups is 3. The lowest BCUT2D eigenvalue weighted by atomic mass is 9.85. The minimum atomic E-state index is -1.20. The lowest BCUT2D eigenvalue weighted by Gasteiger charge is -2.30. The first kappa shape index (κ1) is 33.8. The standard InChI is InChI=1S/C33H37F3N6O5/c34-21-5-1-19(2-6-21)30(20-3-7-22(35)8-4-20)31(37)32(44)42-28-16-38-15-27(36)26(28)11-10-25-14-39-24(17-46-25)18-47-33(45)40-13-23-9-12-29(43)41-23/h1-8,15-16,23-25,30-31,39H,9-14,17-18,37H2,(H,40,45)(H,41,43)(H,42,44)/t23-,24-,25+,31-/m0/s1. The molecule has 0 saturated carbocycles. The molecule has 3 aromatic rings. The van der Waals surface area contributed by atoms with Gasteiger partial charge in [-0.1, -0.05) is 24.3 Å². The van der Waals surface area contributed by atoms with Crippen LogP contribution in [0.5, 0.6) is 0 Å². The first-order valence-corrected chi connectivity index (χ1v) is 15.4. The number of pyridine rings is 1. The minimum absolute atomic E-state index is 0.0321. The highest BCUT2D eigenvalue weighted by molar-refractivity contribution is 5.96. The van der Waals surface area contributed by atoms with Gasteiger partial charge in [-0.2, -0.15) is 0 Å². The highest BCUT2D eigenvalue weighted by Crippen LogP contribution is 2.29. The molecule has 14 heteroatoms. The zero-order valence-corrected chi connectivity index (χ0v) is 25.5. The number of amides is 3. The Labute approximate surface area is 269 Å². The van der Waals surface area contributed by atoms with Crippen LogP contribution >= 0.6 is 0 Å². The summed E-state index contributed by atoms with van der Waals surface area (Å²) in [6.07, 6.45) is 3.28. The molecule has 6 N–H and O–H groups in total. The molecule has 2 aliphatic heterocycles. The zero-order chi connectivity index (χ0) is 33.3. The number of morpholine rings is 1. The summed E-state index contributed by atoms with van der Waals surface area (Å²) in [5.74, 6) is -2.94. The van der Waals surface area contributed by atoms with Gasteiger partial charge in [0.25, 0.3) is 0 Å². The number of benzene rings is 2. The average Bonchev–Trinajstić information content (AvgIpc) is 3.49. The number of rotatable bonds is 12. The molecule has 5 rings (SSSR count). The average molecular weight is 655 g/mol. The van der Waals surface area contributed by atoms with Crippen LogP contribution in [0.15, 0.2) is 60.9 Å². The Balaban J connectivity index is 1.14. The summed E-state index contributed by atoms with van der Waals surface area (Å²) in [4.78, 5) is 40.6. The fraction of sp³-hybridized carbons (Fsp3) is 0.394. The molecule has 0 spiro atoms. The molecule has 1 aromatic heterocycles. The van der Waals surface area contributed by atoms with Crippen molar-refractivity contribution in [2.24, 2.45) is 5.73 Å². The van der Waals surface area contributed by atoms with Gasteiger partial charge in [-0.05, 0) is 54.7 Å². The molecule has 2 saturated heterocycles. The van der Waals surface area contributed by atoms with Crippen LogP contribution in [-0.2, 0) is 25.5 Å². The Hall–Kier alpha value is -4.53. The van der Waals surface area contributed by atoms with Crippen LogP contribution in [0.3, 0.4) is 0 Å². The number of alkyl carbamates (subject to hydrolysis) is 1. The Morgan fingerprint density at radius 1 is 1.02 bits per heavy atom. The second kappa shape index (κ2) is 15.8. The second-order valence-electron chi connectivity index (χ2n) is 11.6. The monoisotopic (exact) mass is 654 g/mol. The smallest absolute Gasteiger partial charge is 0.407 e. The molecule has 47 heavy (non-hydrogen) atoms. The molecule has 2 aliphatic rings. The van der Waals surface area contributed by atoms with E-state index in [2.05, 4.69) is 26.3 Å². The van der Waals surface area contributed by atoms with Crippen LogP contribution < -0.4 is 27.0 Å². The summed E-state index contributed by atoms with van der Waals surface area (Å²) >= 11 is 0. The van der Waals surface area contributed by atoms with Gasteiger partial charge >= 0.3 is 6.09 Å². The van der Waals surface area contributed by atoms with Gasteiger partial charge in [-0.3, -0.25) is 14.6 Å². The number of nitrogens with one attached hydrogen (secondary N) is 4. The SMILES string of the molecule is N[C@H](C(=O)Nc1cncc(F)c1CC[C@@H]1CN[C@H](COC(=O)NC[C@@H]2CCC(=O)N2)CO1)C(c1ccc(F)cc1)c1ccc(F)cc1. The van der Waals surface area contributed by atoms with Crippen LogP contribution in [0.4, 0.5) is 23.7 Å². The van der Waals surface area contributed by atoms with E-state index in [1.807, 2.05) is 0 Å². The van der Waals surface area contributed by atoms with Crippen molar-refractivity contribution < 1.29 is 37.0 Å². The van der Waals surface area contributed by atoms with E-state index in [9.17, 15) is 27.6 Å². The summed E-state index contributed by atoms with van der Waals surface area (Å²) in [5, 5.41) is 11.4. The lowest BCUT2D eigenvalue weighted by molar-refractivity contribution is -0.119. The van der Waals surface area contributed by atoms with Crippen LogP contribution in [-0.4, -0.2) is 73.4 Å². The molecule has 0 aliphatic carbocycles. The van der Waals surface area contributed by atoms with Crippen LogP contribution in [0.2, 0.25) is 0 Å². The molecule has 4 atom stereocenters. The Bertz CT molecular complexity index is 1490. The third kappa shape index (κ3) is 9.27. The fourth-order valence-electron chi connectivity index (χ4n) is 5.67. The van der Waals surface area contributed by atoms with E-state index >= 15 is 0 Å². The molecule has 250 valence electrons. The number of ether oxygens (including phenoxy) is 2. The van der Waals surface area contributed by atoms with Gasteiger partial charge in [0.05, 0.1) is 42.9 Å². The number of nitrogens with zero attached hydrogens (tertiary/aromatic N) is 1. The molecule has 2 aromatic carbocycles. The molecule has 0 unspecified atom stereocenters. The molecular weight excluding hydrogens is 617 g/mol. The second-order valence-corrected chi connectivity index (χ2v) is 11.6. The summed E-state index contributed by atoms with van der Waals surface area (Å²) in [7, 11) is 0. The van der Waals surface area contributed by atoms with E-state index in [0.29, 0.717) is 43.5 Å². The predicted molar refractivity (Wildman–Crippen MR) is 166 cm³/mol. The van der Waals surface area contributed by atoms with E-state index in [-0.39, 0.29) is 55.0 Å². The van der Waals surface area contributed by atoms with Crippen molar-refractivity contribution in [3.05, 3.63) is 95.1 Å². The van der Waals surface area contributed by atoms with E-state index in [1.165, 1.54) is 54.7 Å². The minimum Gasteiger partial charge on any atom is -0.448 e. The number of halogens is 3. The summed E-state index contributed by atoms with van der Waals surface area (Å²) in [5.41, 5.74) is 7.91. The molecule has 0 bridgehead atoms. The van der Waals surface area contributed by atoms with Crippen molar-refractivity contribution in [1.82, 2.24) is 20.9 Å². The van der Waals surface area contributed by atoms with Gasteiger partial charge in [0.1, 0.15) is 24.1 Å². The normalized spacial score (nSPS) is 20.0. The first-order valence-electron chi connectivity index (χ1n) is 15.4. The van der Waals surface area contributed by atoms with Crippen molar-refractivity contribution in [2.45, 2.75) is 55.8 Å². The van der Waals surface area contributed by atoms with Gasteiger partial charge in [0, 0.05) is 37.0 Å². The maximum absolute atomic E-state index is 15.0. The quantitative estimate of drug-likeness (QED) is 0.200. The van der Waals surface area contributed by atoms with Gasteiger partial charge < -0.3 is 36.5 Å². The van der Waals surface area contributed by atoms with Gasteiger partial charge in [-0.15, -0.1) is 0 Å².